The van der Waals surface area contributed by atoms with E-state index in [-0.39, 0.29) is 5.69 Å². The van der Waals surface area contributed by atoms with Gasteiger partial charge < -0.3 is 10.1 Å². The Bertz CT molecular complexity index is 878. The lowest BCUT2D eigenvalue weighted by Gasteiger charge is -2.05. The second-order valence-corrected chi connectivity index (χ2v) is 6.85. The number of sulfone groups is 1. The van der Waals surface area contributed by atoms with Crippen LogP contribution in [-0.4, -0.2) is 27.2 Å². The van der Waals surface area contributed by atoms with E-state index in [2.05, 4.69) is 5.32 Å². The summed E-state index contributed by atoms with van der Waals surface area (Å²) >= 11 is 0. The Morgan fingerprint density at radius 2 is 1.84 bits per heavy atom. The topological polar surface area (TPSA) is 72.5 Å². The standard InChI is InChI=1S/C17H15F2NO4S/c1-24-14-4-2-3-12(11-14)5-10-16(21)20-13-6-8-15(9-7-13)25(22,23)17(18)19/h2-11,17H,1H3,(H,20,21)/b10-5+. The molecule has 0 fully saturated rings. The number of anilines is 1. The number of hydrogen-bond acceptors (Lipinski definition) is 4. The molecule has 132 valence electrons. The molecular weight excluding hydrogens is 352 g/mol. The first-order valence-corrected chi connectivity index (χ1v) is 8.63. The van der Waals surface area contributed by atoms with E-state index in [1.807, 2.05) is 0 Å². The third-order valence-corrected chi connectivity index (χ3v) is 4.60. The maximum Gasteiger partial charge on any atom is 0.341 e. The van der Waals surface area contributed by atoms with Crippen molar-refractivity contribution < 1.29 is 26.7 Å². The van der Waals surface area contributed by atoms with Crippen LogP contribution in [0.25, 0.3) is 6.08 Å². The van der Waals surface area contributed by atoms with Gasteiger partial charge in [0.25, 0.3) is 0 Å². The highest BCUT2D eigenvalue weighted by atomic mass is 32.2. The van der Waals surface area contributed by atoms with Crippen molar-refractivity contribution in [2.75, 3.05) is 12.4 Å². The molecule has 0 atom stereocenters. The van der Waals surface area contributed by atoms with E-state index in [9.17, 15) is 22.0 Å². The van der Waals surface area contributed by atoms with E-state index >= 15 is 0 Å². The number of methoxy groups -OCH3 is 1. The molecule has 0 spiro atoms. The molecule has 2 rings (SSSR count). The van der Waals surface area contributed by atoms with Crippen molar-refractivity contribution in [3.05, 3.63) is 60.2 Å². The normalized spacial score (nSPS) is 11.7. The van der Waals surface area contributed by atoms with Crippen LogP contribution in [0.3, 0.4) is 0 Å². The van der Waals surface area contributed by atoms with Gasteiger partial charge in [-0.3, -0.25) is 4.79 Å². The summed E-state index contributed by atoms with van der Waals surface area (Å²) in [5, 5.41) is 2.51. The van der Waals surface area contributed by atoms with E-state index in [1.54, 1.807) is 30.3 Å². The predicted molar refractivity (Wildman–Crippen MR) is 90.3 cm³/mol. The Hall–Kier alpha value is -2.74. The van der Waals surface area contributed by atoms with Gasteiger partial charge in [0.15, 0.2) is 0 Å². The van der Waals surface area contributed by atoms with Crippen molar-refractivity contribution in [2.24, 2.45) is 0 Å². The SMILES string of the molecule is COc1cccc(/C=C/C(=O)Nc2ccc(S(=O)(=O)C(F)F)cc2)c1. The second-order valence-electron chi connectivity index (χ2n) is 4.93. The Balaban J connectivity index is 2.04. The first-order valence-electron chi connectivity index (χ1n) is 7.08. The molecule has 0 aliphatic carbocycles. The number of benzene rings is 2. The number of ether oxygens (including phenoxy) is 1. The van der Waals surface area contributed by atoms with Crippen molar-refractivity contribution in [3.63, 3.8) is 0 Å². The lowest BCUT2D eigenvalue weighted by molar-refractivity contribution is -0.111. The Morgan fingerprint density at radius 1 is 1.16 bits per heavy atom. The number of alkyl halides is 2. The van der Waals surface area contributed by atoms with Gasteiger partial charge in [-0.25, -0.2) is 8.42 Å². The molecule has 8 heteroatoms. The van der Waals surface area contributed by atoms with Crippen LogP contribution in [0, 0.1) is 0 Å². The Labute approximate surface area is 143 Å². The minimum absolute atomic E-state index is 0.286. The molecule has 0 radical (unpaired) electrons. The van der Waals surface area contributed by atoms with E-state index in [1.165, 1.54) is 25.3 Å². The number of carbonyl (C=O) groups excluding carboxylic acids is 1. The molecule has 0 aromatic heterocycles. The number of hydrogen-bond donors (Lipinski definition) is 1. The summed E-state index contributed by atoms with van der Waals surface area (Å²) in [6.45, 7) is 0. The van der Waals surface area contributed by atoms with Crippen LogP contribution in [0.4, 0.5) is 14.5 Å². The zero-order chi connectivity index (χ0) is 18.4. The first-order chi connectivity index (χ1) is 11.8. The monoisotopic (exact) mass is 367 g/mol. The molecule has 1 N–H and O–H groups in total. The Kier molecular flexibility index (Phi) is 5.87. The molecule has 0 unspecified atom stereocenters. The van der Waals surface area contributed by atoms with Gasteiger partial charge in [0.05, 0.1) is 12.0 Å². The lowest BCUT2D eigenvalue weighted by Crippen LogP contribution is -2.12. The zero-order valence-corrected chi connectivity index (χ0v) is 14.0. The van der Waals surface area contributed by atoms with Crippen LogP contribution < -0.4 is 10.1 Å². The summed E-state index contributed by atoms with van der Waals surface area (Å²) in [5.41, 5.74) is 1.04. The number of rotatable bonds is 6. The van der Waals surface area contributed by atoms with Gasteiger partial charge >= 0.3 is 5.76 Å². The second kappa shape index (κ2) is 7.89. The molecule has 25 heavy (non-hydrogen) atoms. The molecule has 0 bridgehead atoms. The van der Waals surface area contributed by atoms with Gasteiger partial charge in [-0.2, -0.15) is 8.78 Å². The molecule has 0 heterocycles. The fourth-order valence-electron chi connectivity index (χ4n) is 1.93. The molecule has 5 nitrogen and oxygen atoms in total. The largest absolute Gasteiger partial charge is 0.497 e. The minimum Gasteiger partial charge on any atom is -0.497 e. The molecule has 0 aliphatic rings. The molecule has 2 aromatic carbocycles. The molecule has 0 saturated carbocycles. The van der Waals surface area contributed by atoms with Gasteiger partial charge in [-0.1, -0.05) is 12.1 Å². The predicted octanol–water partition coefficient (Wildman–Crippen LogP) is 3.34. The summed E-state index contributed by atoms with van der Waals surface area (Å²) in [4.78, 5) is 11.4. The quantitative estimate of drug-likeness (QED) is 0.795. The first kappa shape index (κ1) is 18.6. The summed E-state index contributed by atoms with van der Waals surface area (Å²) in [7, 11) is -3.11. The molecule has 0 aliphatic heterocycles. The number of halogens is 2. The van der Waals surface area contributed by atoms with E-state index in [4.69, 9.17) is 4.74 Å². The van der Waals surface area contributed by atoms with Gasteiger partial charge in [0.2, 0.25) is 15.7 Å². The summed E-state index contributed by atoms with van der Waals surface area (Å²) in [6.07, 6.45) is 2.87. The highest BCUT2D eigenvalue weighted by Crippen LogP contribution is 2.20. The van der Waals surface area contributed by atoms with Crippen molar-refractivity contribution in [3.8, 4) is 5.75 Å². The summed E-state index contributed by atoms with van der Waals surface area (Å²) in [6, 6.07) is 11.6. The summed E-state index contributed by atoms with van der Waals surface area (Å²) < 4.78 is 52.6. The molecular formula is C17H15F2NO4S. The Morgan fingerprint density at radius 3 is 2.44 bits per heavy atom. The van der Waals surface area contributed by atoms with Crippen LogP contribution in [-0.2, 0) is 14.6 Å². The smallest absolute Gasteiger partial charge is 0.341 e. The van der Waals surface area contributed by atoms with Crippen LogP contribution >= 0.6 is 0 Å². The average molecular weight is 367 g/mol. The fourth-order valence-corrected chi connectivity index (χ4v) is 2.65. The van der Waals surface area contributed by atoms with Crippen molar-refractivity contribution in [1.29, 1.82) is 0 Å². The molecule has 2 aromatic rings. The number of amides is 1. The van der Waals surface area contributed by atoms with E-state index in [0.717, 1.165) is 17.7 Å². The van der Waals surface area contributed by atoms with Crippen LogP contribution in [0.2, 0.25) is 0 Å². The van der Waals surface area contributed by atoms with Gasteiger partial charge in [0.1, 0.15) is 5.75 Å². The van der Waals surface area contributed by atoms with Crippen molar-refractivity contribution in [1.82, 2.24) is 0 Å². The van der Waals surface area contributed by atoms with Crippen molar-refractivity contribution in [2.45, 2.75) is 10.7 Å². The molecule has 0 saturated heterocycles. The third-order valence-electron chi connectivity index (χ3n) is 3.21. The van der Waals surface area contributed by atoms with E-state index in [0.29, 0.717) is 5.75 Å². The fraction of sp³-hybridized carbons (Fsp3) is 0.118. The van der Waals surface area contributed by atoms with Crippen LogP contribution in [0.1, 0.15) is 5.56 Å². The maximum absolute atomic E-state index is 12.4. The highest BCUT2D eigenvalue weighted by Gasteiger charge is 2.26. The van der Waals surface area contributed by atoms with Crippen LogP contribution in [0.15, 0.2) is 59.5 Å². The van der Waals surface area contributed by atoms with Gasteiger partial charge in [-0.15, -0.1) is 0 Å². The maximum atomic E-state index is 12.4. The third kappa shape index (κ3) is 4.87. The van der Waals surface area contributed by atoms with Gasteiger partial charge in [0, 0.05) is 11.8 Å². The van der Waals surface area contributed by atoms with E-state index < -0.39 is 26.4 Å². The average Bonchev–Trinajstić information content (AvgIpc) is 2.60. The minimum atomic E-state index is -4.65. The van der Waals surface area contributed by atoms with Gasteiger partial charge in [-0.05, 0) is 48.0 Å². The highest BCUT2D eigenvalue weighted by molar-refractivity contribution is 7.91. The van der Waals surface area contributed by atoms with Crippen LogP contribution in [0.5, 0.6) is 5.75 Å². The number of nitrogens with one attached hydrogen (secondary N) is 1. The summed E-state index contributed by atoms with van der Waals surface area (Å²) in [5.74, 6) is -3.29. The zero-order valence-electron chi connectivity index (χ0n) is 13.1. The lowest BCUT2D eigenvalue weighted by atomic mass is 10.2. The number of carbonyl (C=O) groups is 1. The molecule has 1 amide bonds. The van der Waals surface area contributed by atoms with Crippen molar-refractivity contribution >= 4 is 27.5 Å².